The summed E-state index contributed by atoms with van der Waals surface area (Å²) in [5.74, 6) is 1.58. The van der Waals surface area contributed by atoms with Crippen LogP contribution in [0.2, 0.25) is 0 Å². The Morgan fingerprint density at radius 2 is 2.15 bits per heavy atom. The van der Waals surface area contributed by atoms with Gasteiger partial charge in [0.1, 0.15) is 6.10 Å². The summed E-state index contributed by atoms with van der Waals surface area (Å²) in [5.41, 5.74) is 3.35. The molecule has 1 aromatic carbocycles. The van der Waals surface area contributed by atoms with Gasteiger partial charge >= 0.3 is 6.09 Å². The number of carbonyl (C=O) groups is 1. The molecule has 1 amide bonds. The third-order valence-corrected chi connectivity index (χ3v) is 5.80. The van der Waals surface area contributed by atoms with Gasteiger partial charge in [-0.25, -0.2) is 14.4 Å². The van der Waals surface area contributed by atoms with E-state index in [1.807, 2.05) is 12.1 Å². The van der Waals surface area contributed by atoms with Crippen LogP contribution in [-0.4, -0.2) is 45.6 Å². The van der Waals surface area contributed by atoms with Gasteiger partial charge in [-0.3, -0.25) is 10.2 Å². The molecule has 8 nitrogen and oxygen atoms in total. The summed E-state index contributed by atoms with van der Waals surface area (Å²) >= 11 is 0. The zero-order valence-electron chi connectivity index (χ0n) is 14.6. The van der Waals surface area contributed by atoms with Gasteiger partial charge in [-0.1, -0.05) is 23.4 Å². The number of cyclic esters (lactones) is 1. The number of fused-ring (bicyclic) bond motifs is 1. The van der Waals surface area contributed by atoms with E-state index in [-0.39, 0.29) is 12.2 Å². The fraction of sp³-hybridized carbons (Fsp3) is 0.421. The van der Waals surface area contributed by atoms with E-state index in [2.05, 4.69) is 33.4 Å². The van der Waals surface area contributed by atoms with Crippen LogP contribution in [0.3, 0.4) is 0 Å². The number of allylic oxidation sites excluding steroid dienone is 2. The molecule has 1 N–H and O–H groups in total. The summed E-state index contributed by atoms with van der Waals surface area (Å²) in [7, 11) is 0. The second-order valence-electron chi connectivity index (χ2n) is 7.39. The van der Waals surface area contributed by atoms with Crippen LogP contribution in [-0.2, 0) is 16.2 Å². The van der Waals surface area contributed by atoms with Crippen molar-refractivity contribution in [3.8, 4) is 0 Å². The molecule has 0 bridgehead atoms. The van der Waals surface area contributed by atoms with Gasteiger partial charge in [0.05, 0.1) is 25.9 Å². The smallest absolute Gasteiger partial charge is 0.414 e. The van der Waals surface area contributed by atoms with Gasteiger partial charge in [-0.15, -0.1) is 5.10 Å². The molecule has 0 radical (unpaired) electrons. The number of benzene rings is 1. The van der Waals surface area contributed by atoms with Crippen LogP contribution in [0.4, 0.5) is 10.5 Å². The molecule has 1 saturated carbocycles. The number of hydrogen-bond acceptors (Lipinski definition) is 6. The number of carbonyl (C=O) groups excluding carboxylic acids is 1. The minimum absolute atomic E-state index is 0.241. The van der Waals surface area contributed by atoms with Gasteiger partial charge < -0.3 is 4.74 Å². The minimum atomic E-state index is -0.332. The standard InChI is InChI=1S/C19H20N4O4/c24-19-23(10-15(27-19)9-22-6-5-20-21-22)14-3-1-12(2-4-14)13-7-16-17(8-13)18(16)11-26-25/h1-7,15-18,25H,8-11H2/t15-,16?,17?,18?/m0/s1. The summed E-state index contributed by atoms with van der Waals surface area (Å²) in [6.07, 6.45) is 6.09. The molecule has 0 spiro atoms. The first-order valence-corrected chi connectivity index (χ1v) is 9.12. The van der Waals surface area contributed by atoms with E-state index in [1.165, 1.54) is 11.1 Å². The van der Waals surface area contributed by atoms with E-state index in [0.29, 0.717) is 37.5 Å². The lowest BCUT2D eigenvalue weighted by Crippen LogP contribution is -2.26. The minimum Gasteiger partial charge on any atom is -0.442 e. The predicted molar refractivity (Wildman–Crippen MR) is 95.7 cm³/mol. The molecule has 2 heterocycles. The van der Waals surface area contributed by atoms with Gasteiger partial charge in [-0.05, 0) is 47.4 Å². The zero-order chi connectivity index (χ0) is 18.4. The van der Waals surface area contributed by atoms with Crippen LogP contribution in [0.1, 0.15) is 12.0 Å². The van der Waals surface area contributed by atoms with Crippen molar-refractivity contribution >= 4 is 17.4 Å². The summed E-state index contributed by atoms with van der Waals surface area (Å²) in [4.78, 5) is 18.1. The van der Waals surface area contributed by atoms with Crippen LogP contribution in [0.25, 0.3) is 5.57 Å². The number of nitrogens with zero attached hydrogens (tertiary/aromatic N) is 4. The Morgan fingerprint density at radius 1 is 1.30 bits per heavy atom. The normalized spacial score (nSPS) is 28.9. The Bertz CT molecular complexity index is 864. The van der Waals surface area contributed by atoms with Crippen LogP contribution >= 0.6 is 0 Å². The highest BCUT2D eigenvalue weighted by Gasteiger charge is 2.52. The first-order chi connectivity index (χ1) is 13.2. The molecule has 2 aromatic rings. The van der Waals surface area contributed by atoms with Gasteiger partial charge in [0, 0.05) is 11.9 Å². The van der Waals surface area contributed by atoms with Crippen molar-refractivity contribution in [3.63, 3.8) is 0 Å². The van der Waals surface area contributed by atoms with Crippen LogP contribution in [0.15, 0.2) is 42.7 Å². The van der Waals surface area contributed by atoms with Crippen LogP contribution in [0.5, 0.6) is 0 Å². The Balaban J connectivity index is 1.24. The third kappa shape index (κ3) is 3.00. The number of hydrogen-bond donors (Lipinski definition) is 1. The Kier molecular flexibility index (Phi) is 3.95. The number of ether oxygens (including phenoxy) is 1. The van der Waals surface area contributed by atoms with Crippen molar-refractivity contribution < 1.29 is 19.7 Å². The Morgan fingerprint density at radius 3 is 2.81 bits per heavy atom. The van der Waals surface area contributed by atoms with Crippen molar-refractivity contribution in [1.29, 1.82) is 0 Å². The fourth-order valence-electron chi connectivity index (χ4n) is 4.32. The third-order valence-electron chi connectivity index (χ3n) is 5.80. The molecule has 3 unspecified atom stereocenters. The van der Waals surface area contributed by atoms with Crippen molar-refractivity contribution in [2.45, 2.75) is 19.1 Å². The van der Waals surface area contributed by atoms with Gasteiger partial charge in [0.2, 0.25) is 0 Å². The average Bonchev–Trinajstić information content (AvgIpc) is 3.16. The maximum absolute atomic E-state index is 12.2. The second kappa shape index (κ2) is 6.47. The molecule has 1 aliphatic heterocycles. The molecule has 2 fully saturated rings. The Labute approximate surface area is 155 Å². The largest absolute Gasteiger partial charge is 0.442 e. The number of aromatic nitrogens is 3. The lowest BCUT2D eigenvalue weighted by atomic mass is 10.0. The number of anilines is 1. The number of amides is 1. The lowest BCUT2D eigenvalue weighted by molar-refractivity contribution is -0.246. The van der Waals surface area contributed by atoms with E-state index < -0.39 is 0 Å². The van der Waals surface area contributed by atoms with Crippen molar-refractivity contribution in [1.82, 2.24) is 15.0 Å². The molecule has 3 aliphatic rings. The molecule has 5 rings (SSSR count). The van der Waals surface area contributed by atoms with Gasteiger partial charge in [0.25, 0.3) is 0 Å². The molecular weight excluding hydrogens is 348 g/mol. The summed E-state index contributed by atoms with van der Waals surface area (Å²) in [6, 6.07) is 8.05. The molecule has 27 heavy (non-hydrogen) atoms. The topological polar surface area (TPSA) is 89.7 Å². The van der Waals surface area contributed by atoms with E-state index in [0.717, 1.165) is 12.1 Å². The second-order valence-corrected chi connectivity index (χ2v) is 7.39. The monoisotopic (exact) mass is 368 g/mol. The quantitative estimate of drug-likeness (QED) is 0.622. The lowest BCUT2D eigenvalue weighted by Gasteiger charge is -2.14. The van der Waals surface area contributed by atoms with Gasteiger partial charge in [0.15, 0.2) is 0 Å². The molecule has 140 valence electrons. The first kappa shape index (κ1) is 16.5. The van der Waals surface area contributed by atoms with E-state index in [9.17, 15) is 4.79 Å². The molecule has 4 atom stereocenters. The molecular formula is C19H20N4O4. The highest BCUT2D eigenvalue weighted by molar-refractivity contribution is 5.90. The molecule has 1 saturated heterocycles. The molecule has 2 aliphatic carbocycles. The summed E-state index contributed by atoms with van der Waals surface area (Å²) in [6.45, 7) is 1.41. The average molecular weight is 368 g/mol. The molecule has 1 aromatic heterocycles. The maximum Gasteiger partial charge on any atom is 0.414 e. The summed E-state index contributed by atoms with van der Waals surface area (Å²) < 4.78 is 7.11. The van der Waals surface area contributed by atoms with Crippen molar-refractivity contribution in [2.75, 3.05) is 18.1 Å². The summed E-state index contributed by atoms with van der Waals surface area (Å²) in [5, 5.41) is 16.3. The van der Waals surface area contributed by atoms with Crippen LogP contribution in [0, 0.1) is 17.8 Å². The van der Waals surface area contributed by atoms with Crippen molar-refractivity contribution in [2.24, 2.45) is 17.8 Å². The first-order valence-electron chi connectivity index (χ1n) is 9.12. The molecule has 8 heteroatoms. The van der Waals surface area contributed by atoms with E-state index in [1.54, 1.807) is 22.0 Å². The fourth-order valence-corrected chi connectivity index (χ4v) is 4.32. The SMILES string of the molecule is O=C1O[C@@H](Cn2ccnn2)CN1c1ccc(C2=CC3C(COO)C3C2)cc1. The maximum atomic E-state index is 12.2. The highest BCUT2D eigenvalue weighted by atomic mass is 17.1. The Hall–Kier alpha value is -2.71. The van der Waals surface area contributed by atoms with Crippen molar-refractivity contribution in [3.05, 3.63) is 48.3 Å². The van der Waals surface area contributed by atoms with Crippen LogP contribution < -0.4 is 4.90 Å². The zero-order valence-corrected chi connectivity index (χ0v) is 14.6. The van der Waals surface area contributed by atoms with E-state index >= 15 is 0 Å². The highest BCUT2D eigenvalue weighted by Crippen LogP contribution is 2.58. The van der Waals surface area contributed by atoms with Gasteiger partial charge in [-0.2, -0.15) is 0 Å². The number of rotatable bonds is 6. The van der Waals surface area contributed by atoms with E-state index in [4.69, 9.17) is 9.99 Å². The predicted octanol–water partition coefficient (Wildman–Crippen LogP) is 2.44.